The predicted octanol–water partition coefficient (Wildman–Crippen LogP) is 3.57. The van der Waals surface area contributed by atoms with Gasteiger partial charge in [0.1, 0.15) is 10.3 Å². The number of amides is 1. The molecule has 0 aliphatic carbocycles. The van der Waals surface area contributed by atoms with Crippen LogP contribution in [0.5, 0.6) is 0 Å². The molecule has 1 aliphatic rings. The molecule has 0 fully saturated rings. The maximum atomic E-state index is 13.3. The molecule has 1 aliphatic heterocycles. The van der Waals surface area contributed by atoms with Crippen LogP contribution in [0.1, 0.15) is 16.7 Å². The van der Waals surface area contributed by atoms with E-state index in [0.717, 1.165) is 28.0 Å². The van der Waals surface area contributed by atoms with E-state index in [1.807, 2.05) is 24.3 Å². The molecule has 2 heterocycles. The van der Waals surface area contributed by atoms with E-state index in [2.05, 4.69) is 11.4 Å². The molecule has 0 saturated carbocycles. The summed E-state index contributed by atoms with van der Waals surface area (Å²) in [7, 11) is -3.81. The smallest absolute Gasteiger partial charge is 0.253 e. The van der Waals surface area contributed by atoms with E-state index in [9.17, 15) is 13.2 Å². The molecule has 3 aromatic rings. The third-order valence-electron chi connectivity index (χ3n) is 5.07. The Balaban J connectivity index is 1.64. The van der Waals surface area contributed by atoms with Gasteiger partial charge in [0.2, 0.25) is 5.91 Å². The maximum absolute atomic E-state index is 13.3. The molecule has 1 N–H and O–H groups in total. The van der Waals surface area contributed by atoms with Gasteiger partial charge in [-0.1, -0.05) is 42.5 Å². The summed E-state index contributed by atoms with van der Waals surface area (Å²) in [4.78, 5) is 13.1. The van der Waals surface area contributed by atoms with Crippen molar-refractivity contribution in [1.29, 1.82) is 5.26 Å². The first-order valence-corrected chi connectivity index (χ1v) is 11.7. The van der Waals surface area contributed by atoms with E-state index in [0.29, 0.717) is 18.5 Å². The number of hydrogen-bond donors (Lipinski definition) is 1. The lowest BCUT2D eigenvalue weighted by Crippen LogP contribution is -2.50. The first-order valence-electron chi connectivity index (χ1n) is 9.38. The molecule has 8 heteroatoms. The Morgan fingerprint density at radius 3 is 2.50 bits per heavy atom. The van der Waals surface area contributed by atoms with Gasteiger partial charge < -0.3 is 5.32 Å². The lowest BCUT2D eigenvalue weighted by molar-refractivity contribution is -0.120. The second-order valence-corrected chi connectivity index (χ2v) is 10.1. The molecule has 0 saturated heterocycles. The molecule has 1 aromatic heterocycles. The predicted molar refractivity (Wildman–Crippen MR) is 115 cm³/mol. The Hall–Kier alpha value is -2.99. The van der Waals surface area contributed by atoms with Gasteiger partial charge in [-0.2, -0.15) is 9.57 Å². The molecule has 1 unspecified atom stereocenters. The van der Waals surface area contributed by atoms with E-state index in [1.165, 1.54) is 4.31 Å². The number of benzene rings is 2. The molecule has 152 valence electrons. The van der Waals surface area contributed by atoms with Gasteiger partial charge in [-0.05, 0) is 46.7 Å². The lowest BCUT2D eigenvalue weighted by Gasteiger charge is -2.34. The molecule has 2 aromatic carbocycles. The van der Waals surface area contributed by atoms with Gasteiger partial charge in [0, 0.05) is 12.2 Å². The van der Waals surface area contributed by atoms with E-state index >= 15 is 0 Å². The highest BCUT2D eigenvalue weighted by molar-refractivity contribution is 7.91. The van der Waals surface area contributed by atoms with E-state index in [-0.39, 0.29) is 16.7 Å². The van der Waals surface area contributed by atoms with Gasteiger partial charge in [-0.15, -0.1) is 11.3 Å². The van der Waals surface area contributed by atoms with Crippen molar-refractivity contribution in [2.24, 2.45) is 0 Å². The SMILES string of the molecule is N#CCc1ccc(NC(=O)C2Cc3ccccc3CN2S(=O)(=O)c2cccs2)cc1. The number of sulfonamides is 1. The van der Waals surface area contributed by atoms with E-state index in [1.54, 1.807) is 41.8 Å². The Kier molecular flexibility index (Phi) is 5.68. The van der Waals surface area contributed by atoms with Crippen LogP contribution in [0.3, 0.4) is 0 Å². The maximum Gasteiger partial charge on any atom is 0.253 e. The summed E-state index contributed by atoms with van der Waals surface area (Å²) in [5, 5.41) is 13.3. The highest BCUT2D eigenvalue weighted by atomic mass is 32.2. The van der Waals surface area contributed by atoms with Gasteiger partial charge in [0.05, 0.1) is 12.5 Å². The highest BCUT2D eigenvalue weighted by Gasteiger charge is 2.40. The van der Waals surface area contributed by atoms with Crippen molar-refractivity contribution in [1.82, 2.24) is 4.31 Å². The van der Waals surface area contributed by atoms with Gasteiger partial charge in [0.25, 0.3) is 10.0 Å². The Labute approximate surface area is 179 Å². The van der Waals surface area contributed by atoms with Crippen molar-refractivity contribution in [3.63, 3.8) is 0 Å². The Bertz CT molecular complexity index is 1200. The summed E-state index contributed by atoms with van der Waals surface area (Å²) in [5.41, 5.74) is 3.29. The number of hydrogen-bond acceptors (Lipinski definition) is 5. The fraction of sp³-hybridized carbons (Fsp3) is 0.182. The molecular formula is C22H19N3O3S2. The van der Waals surface area contributed by atoms with Crippen molar-refractivity contribution in [3.05, 3.63) is 82.7 Å². The van der Waals surface area contributed by atoms with Gasteiger partial charge in [-0.25, -0.2) is 8.42 Å². The number of fused-ring (bicyclic) bond motifs is 1. The Morgan fingerprint density at radius 1 is 1.10 bits per heavy atom. The normalized spacial score (nSPS) is 16.4. The zero-order valence-electron chi connectivity index (χ0n) is 16.0. The summed E-state index contributed by atoms with van der Waals surface area (Å²) < 4.78 is 28.1. The zero-order chi connectivity index (χ0) is 21.1. The Morgan fingerprint density at radius 2 is 1.83 bits per heavy atom. The van der Waals surface area contributed by atoms with Crippen molar-refractivity contribution in [2.45, 2.75) is 29.6 Å². The summed E-state index contributed by atoms with van der Waals surface area (Å²) in [5.74, 6) is -0.377. The third-order valence-corrected chi connectivity index (χ3v) is 8.30. The van der Waals surface area contributed by atoms with Crippen LogP contribution in [0.15, 0.2) is 70.3 Å². The molecule has 30 heavy (non-hydrogen) atoms. The van der Waals surface area contributed by atoms with Crippen LogP contribution in [0.25, 0.3) is 0 Å². The fourth-order valence-corrected chi connectivity index (χ4v) is 6.21. The lowest BCUT2D eigenvalue weighted by atomic mass is 9.95. The molecule has 0 bridgehead atoms. The molecule has 1 amide bonds. The summed E-state index contributed by atoms with van der Waals surface area (Å²) >= 11 is 1.14. The zero-order valence-corrected chi connectivity index (χ0v) is 17.6. The second-order valence-electron chi connectivity index (χ2n) is 6.99. The molecule has 0 radical (unpaired) electrons. The number of rotatable bonds is 5. The number of nitrogens with one attached hydrogen (secondary N) is 1. The van der Waals surface area contributed by atoms with Crippen LogP contribution in [0.2, 0.25) is 0 Å². The topological polar surface area (TPSA) is 90.3 Å². The van der Waals surface area contributed by atoms with Crippen molar-refractivity contribution in [3.8, 4) is 6.07 Å². The molecule has 1 atom stereocenters. The average molecular weight is 438 g/mol. The van der Waals surface area contributed by atoms with Crippen LogP contribution < -0.4 is 5.32 Å². The monoisotopic (exact) mass is 437 g/mol. The number of nitriles is 1. The van der Waals surface area contributed by atoms with Crippen LogP contribution in [0.4, 0.5) is 5.69 Å². The minimum Gasteiger partial charge on any atom is -0.325 e. The highest BCUT2D eigenvalue weighted by Crippen LogP contribution is 2.31. The number of nitrogens with zero attached hydrogens (tertiary/aromatic N) is 2. The van der Waals surface area contributed by atoms with Crippen LogP contribution in [0, 0.1) is 11.3 Å². The van der Waals surface area contributed by atoms with Crippen molar-refractivity contribution < 1.29 is 13.2 Å². The standard InChI is InChI=1S/C22H19N3O3S2/c23-12-11-16-7-9-19(10-8-16)24-22(26)20-14-17-4-1-2-5-18(17)15-25(20)30(27,28)21-6-3-13-29-21/h1-10,13,20H,11,14-15H2,(H,24,26). The first-order chi connectivity index (χ1) is 14.5. The quantitative estimate of drug-likeness (QED) is 0.661. The van der Waals surface area contributed by atoms with Gasteiger partial charge in [0.15, 0.2) is 0 Å². The number of carbonyl (C=O) groups is 1. The van der Waals surface area contributed by atoms with Crippen LogP contribution >= 0.6 is 11.3 Å². The first kappa shape index (κ1) is 20.3. The van der Waals surface area contributed by atoms with Crippen LogP contribution in [-0.2, 0) is 34.2 Å². The number of anilines is 1. The summed E-state index contributed by atoms with van der Waals surface area (Å²) in [6, 6.07) is 19.1. The van der Waals surface area contributed by atoms with E-state index in [4.69, 9.17) is 5.26 Å². The molecule has 0 spiro atoms. The van der Waals surface area contributed by atoms with Gasteiger partial charge in [-0.3, -0.25) is 4.79 Å². The van der Waals surface area contributed by atoms with E-state index < -0.39 is 16.1 Å². The summed E-state index contributed by atoms with van der Waals surface area (Å²) in [6.07, 6.45) is 0.597. The van der Waals surface area contributed by atoms with Crippen LogP contribution in [-0.4, -0.2) is 24.7 Å². The third kappa shape index (κ3) is 4.00. The number of thiophene rings is 1. The fourth-order valence-electron chi connectivity index (χ4n) is 3.52. The molecule has 6 nitrogen and oxygen atoms in total. The summed E-state index contributed by atoms with van der Waals surface area (Å²) in [6.45, 7) is 0.148. The van der Waals surface area contributed by atoms with Gasteiger partial charge >= 0.3 is 0 Å². The number of carbonyl (C=O) groups excluding carboxylic acids is 1. The molecular weight excluding hydrogens is 418 g/mol. The molecule has 4 rings (SSSR count). The van der Waals surface area contributed by atoms with Crippen molar-refractivity contribution in [2.75, 3.05) is 5.32 Å². The minimum absolute atomic E-state index is 0.148. The minimum atomic E-state index is -3.81. The largest absolute Gasteiger partial charge is 0.325 e. The average Bonchev–Trinajstić information content (AvgIpc) is 3.30. The second kappa shape index (κ2) is 8.40. The van der Waals surface area contributed by atoms with Crippen molar-refractivity contribution >= 4 is 33.0 Å².